The molecular formula is C15H24N2O3. The molecule has 5 heteroatoms. The van der Waals surface area contributed by atoms with Gasteiger partial charge in [0.25, 0.3) is 0 Å². The van der Waals surface area contributed by atoms with Gasteiger partial charge in [0.2, 0.25) is 11.8 Å². The molecule has 5 nitrogen and oxygen atoms in total. The first-order valence-corrected chi connectivity index (χ1v) is 7.91. The number of nitrogens with one attached hydrogen (secondary N) is 1. The first kappa shape index (κ1) is 13.9. The van der Waals surface area contributed by atoms with Crippen LogP contribution in [-0.2, 0) is 14.3 Å². The second-order valence-electron chi connectivity index (χ2n) is 6.29. The fourth-order valence-corrected chi connectivity index (χ4v) is 3.63. The molecule has 3 heterocycles. The topological polar surface area (TPSA) is 58.6 Å². The number of ether oxygens (including phenoxy) is 1. The molecule has 20 heavy (non-hydrogen) atoms. The van der Waals surface area contributed by atoms with Gasteiger partial charge in [-0.05, 0) is 38.0 Å². The Bertz CT molecular complexity index is 379. The highest BCUT2D eigenvalue weighted by Gasteiger charge is 2.35. The summed E-state index contributed by atoms with van der Waals surface area (Å²) in [6, 6.07) is 0.284. The molecule has 0 saturated carbocycles. The van der Waals surface area contributed by atoms with Crippen LogP contribution in [0, 0.1) is 5.92 Å². The minimum Gasteiger partial charge on any atom is -0.378 e. The lowest BCUT2D eigenvalue weighted by Gasteiger charge is -2.41. The van der Waals surface area contributed by atoms with Gasteiger partial charge in [-0.15, -0.1) is 0 Å². The van der Waals surface area contributed by atoms with E-state index >= 15 is 0 Å². The van der Waals surface area contributed by atoms with Gasteiger partial charge in [-0.25, -0.2) is 0 Å². The second kappa shape index (κ2) is 6.12. The van der Waals surface area contributed by atoms with Gasteiger partial charge in [0, 0.05) is 32.2 Å². The molecule has 0 aromatic carbocycles. The quantitative estimate of drug-likeness (QED) is 0.823. The third-order valence-corrected chi connectivity index (χ3v) is 4.85. The first-order valence-electron chi connectivity index (χ1n) is 7.91. The van der Waals surface area contributed by atoms with Gasteiger partial charge < -0.3 is 15.0 Å². The van der Waals surface area contributed by atoms with E-state index in [-0.39, 0.29) is 24.0 Å². The van der Waals surface area contributed by atoms with Gasteiger partial charge in [0.05, 0.1) is 12.5 Å². The zero-order chi connectivity index (χ0) is 13.9. The van der Waals surface area contributed by atoms with Crippen LogP contribution >= 0.6 is 0 Å². The smallest absolute Gasteiger partial charge is 0.225 e. The molecule has 2 amide bonds. The summed E-state index contributed by atoms with van der Waals surface area (Å²) in [6.45, 7) is 2.37. The van der Waals surface area contributed by atoms with Crippen molar-refractivity contribution >= 4 is 11.8 Å². The van der Waals surface area contributed by atoms with E-state index in [1.54, 1.807) is 0 Å². The van der Waals surface area contributed by atoms with Gasteiger partial charge in [0.15, 0.2) is 0 Å². The monoisotopic (exact) mass is 280 g/mol. The molecule has 3 aliphatic heterocycles. The summed E-state index contributed by atoms with van der Waals surface area (Å²) in [7, 11) is 0. The van der Waals surface area contributed by atoms with E-state index in [0.29, 0.717) is 18.8 Å². The summed E-state index contributed by atoms with van der Waals surface area (Å²) >= 11 is 0. The number of hydrogen-bond acceptors (Lipinski definition) is 3. The molecule has 3 aliphatic rings. The first-order chi connectivity index (χ1) is 9.72. The van der Waals surface area contributed by atoms with Gasteiger partial charge >= 0.3 is 0 Å². The molecule has 0 radical (unpaired) electrons. The molecule has 112 valence electrons. The summed E-state index contributed by atoms with van der Waals surface area (Å²) < 4.78 is 5.66. The number of piperidine rings is 2. The highest BCUT2D eigenvalue weighted by Crippen LogP contribution is 2.26. The molecule has 0 bridgehead atoms. The lowest BCUT2D eigenvalue weighted by molar-refractivity contribution is -0.138. The number of fused-ring (bicyclic) bond motifs is 1. The molecular weight excluding hydrogens is 256 g/mol. The van der Waals surface area contributed by atoms with Crippen LogP contribution in [0.5, 0.6) is 0 Å². The fraction of sp³-hybridized carbons (Fsp3) is 0.867. The van der Waals surface area contributed by atoms with Crippen molar-refractivity contribution in [2.75, 3.05) is 19.7 Å². The van der Waals surface area contributed by atoms with Crippen molar-refractivity contribution in [3.8, 4) is 0 Å². The average Bonchev–Trinajstić information content (AvgIpc) is 2.47. The van der Waals surface area contributed by atoms with Gasteiger partial charge in [-0.2, -0.15) is 0 Å². The second-order valence-corrected chi connectivity index (χ2v) is 6.29. The van der Waals surface area contributed by atoms with Gasteiger partial charge in [-0.3, -0.25) is 9.59 Å². The molecule has 3 atom stereocenters. The Morgan fingerprint density at radius 3 is 3.00 bits per heavy atom. The predicted molar refractivity (Wildman–Crippen MR) is 74.1 cm³/mol. The van der Waals surface area contributed by atoms with Crippen molar-refractivity contribution < 1.29 is 14.3 Å². The number of likely N-dealkylation sites (tertiary alicyclic amines) is 1. The lowest BCUT2D eigenvalue weighted by atomic mass is 9.85. The van der Waals surface area contributed by atoms with Gasteiger partial charge in [0.1, 0.15) is 0 Å². The zero-order valence-corrected chi connectivity index (χ0v) is 12.0. The van der Waals surface area contributed by atoms with E-state index in [1.807, 2.05) is 4.90 Å². The van der Waals surface area contributed by atoms with Crippen molar-refractivity contribution in [1.29, 1.82) is 0 Å². The van der Waals surface area contributed by atoms with E-state index in [4.69, 9.17) is 4.74 Å². The molecule has 0 aromatic heterocycles. The predicted octanol–water partition coefficient (Wildman–Crippen LogP) is 1.07. The van der Waals surface area contributed by atoms with Crippen LogP contribution in [0.3, 0.4) is 0 Å². The molecule has 3 fully saturated rings. The minimum atomic E-state index is 0.125. The summed E-state index contributed by atoms with van der Waals surface area (Å²) in [5, 5.41) is 3.06. The van der Waals surface area contributed by atoms with Crippen molar-refractivity contribution in [2.45, 2.75) is 57.1 Å². The van der Waals surface area contributed by atoms with Crippen molar-refractivity contribution in [1.82, 2.24) is 10.2 Å². The van der Waals surface area contributed by atoms with Crippen LogP contribution in [0.2, 0.25) is 0 Å². The van der Waals surface area contributed by atoms with Gasteiger partial charge in [-0.1, -0.05) is 0 Å². The van der Waals surface area contributed by atoms with Crippen molar-refractivity contribution in [2.24, 2.45) is 5.92 Å². The van der Waals surface area contributed by atoms with E-state index in [2.05, 4.69) is 5.32 Å². The van der Waals surface area contributed by atoms with E-state index < -0.39 is 0 Å². The molecule has 3 saturated heterocycles. The van der Waals surface area contributed by atoms with Crippen molar-refractivity contribution in [3.63, 3.8) is 0 Å². The highest BCUT2D eigenvalue weighted by molar-refractivity contribution is 5.78. The largest absolute Gasteiger partial charge is 0.378 e. The summed E-state index contributed by atoms with van der Waals surface area (Å²) in [5.41, 5.74) is 0. The molecule has 1 N–H and O–H groups in total. The maximum Gasteiger partial charge on any atom is 0.225 e. The summed E-state index contributed by atoms with van der Waals surface area (Å²) in [4.78, 5) is 25.7. The van der Waals surface area contributed by atoms with Crippen LogP contribution in [0.4, 0.5) is 0 Å². The number of amides is 2. The Labute approximate surface area is 120 Å². The molecule has 3 unspecified atom stereocenters. The maximum atomic E-state index is 12.4. The van der Waals surface area contributed by atoms with Crippen LogP contribution in [0.25, 0.3) is 0 Å². The minimum absolute atomic E-state index is 0.125. The number of hydrogen-bond donors (Lipinski definition) is 1. The SMILES string of the molecule is O=C1CCC2CN(C(=O)CC3CCCCO3)CCC2N1. The fourth-order valence-electron chi connectivity index (χ4n) is 3.63. The Kier molecular flexibility index (Phi) is 4.24. The standard InChI is InChI=1S/C15H24N2O3/c18-14-5-4-11-10-17(7-6-13(11)16-14)15(19)9-12-3-1-2-8-20-12/h11-13H,1-10H2,(H,16,18). The van der Waals surface area contributed by atoms with Crippen LogP contribution in [-0.4, -0.2) is 48.6 Å². The summed E-state index contributed by atoms with van der Waals surface area (Å²) in [6.07, 6.45) is 6.39. The van der Waals surface area contributed by atoms with E-state index in [9.17, 15) is 9.59 Å². The third kappa shape index (κ3) is 3.14. The Morgan fingerprint density at radius 2 is 2.20 bits per heavy atom. The van der Waals surface area contributed by atoms with Crippen LogP contribution in [0.1, 0.15) is 44.9 Å². The Hall–Kier alpha value is -1.10. The number of carbonyl (C=O) groups is 2. The molecule has 3 rings (SSSR count). The Morgan fingerprint density at radius 1 is 1.30 bits per heavy atom. The van der Waals surface area contributed by atoms with Crippen LogP contribution < -0.4 is 5.32 Å². The maximum absolute atomic E-state index is 12.4. The van der Waals surface area contributed by atoms with Crippen LogP contribution in [0.15, 0.2) is 0 Å². The van der Waals surface area contributed by atoms with E-state index in [1.165, 1.54) is 6.42 Å². The molecule has 0 aromatic rings. The summed E-state index contributed by atoms with van der Waals surface area (Å²) in [5.74, 6) is 0.839. The average molecular weight is 280 g/mol. The number of rotatable bonds is 2. The number of nitrogens with zero attached hydrogens (tertiary/aromatic N) is 1. The Balaban J connectivity index is 1.50. The normalized spacial score (nSPS) is 34.3. The lowest BCUT2D eigenvalue weighted by Crippen LogP contribution is -2.55. The highest BCUT2D eigenvalue weighted by atomic mass is 16.5. The number of carbonyl (C=O) groups excluding carboxylic acids is 2. The van der Waals surface area contributed by atoms with Crippen molar-refractivity contribution in [3.05, 3.63) is 0 Å². The molecule has 0 spiro atoms. The molecule has 0 aliphatic carbocycles. The van der Waals surface area contributed by atoms with E-state index in [0.717, 1.165) is 45.4 Å². The zero-order valence-electron chi connectivity index (χ0n) is 12.0. The third-order valence-electron chi connectivity index (χ3n) is 4.85.